The molecule has 108 valence electrons. The quantitative estimate of drug-likeness (QED) is 0.882. The highest BCUT2D eigenvalue weighted by Gasteiger charge is 2.12. The average Bonchev–Trinajstić information content (AvgIpc) is 2.84. The van der Waals surface area contributed by atoms with E-state index in [1.54, 1.807) is 11.6 Å². The molecule has 1 heterocycles. The molecule has 1 atom stereocenters. The Hall–Kier alpha value is -1.95. The number of ether oxygens (including phenoxy) is 1. The lowest BCUT2D eigenvalue weighted by molar-refractivity contribution is 0.188. The fraction of sp³-hybridized carbons (Fsp3) is 0.429. The topological polar surface area (TPSA) is 60.2 Å². The zero-order chi connectivity index (χ0) is 14.5. The summed E-state index contributed by atoms with van der Waals surface area (Å²) in [6.07, 6.45) is 1.68. The Labute approximate surface area is 117 Å². The number of aryl methyl sites for hydroxylation is 1. The van der Waals surface area contributed by atoms with Gasteiger partial charge >= 0.3 is 0 Å². The van der Waals surface area contributed by atoms with E-state index in [1.807, 2.05) is 6.92 Å². The summed E-state index contributed by atoms with van der Waals surface area (Å²) in [6, 6.07) is 4.09. The van der Waals surface area contributed by atoms with Crippen molar-refractivity contribution in [3.63, 3.8) is 0 Å². The van der Waals surface area contributed by atoms with Crippen molar-refractivity contribution in [2.45, 2.75) is 39.5 Å². The number of halogens is 1. The summed E-state index contributed by atoms with van der Waals surface area (Å²) in [5.41, 5.74) is 0.549. The Balaban J connectivity index is 2.14. The molecule has 2 aromatic rings. The van der Waals surface area contributed by atoms with Gasteiger partial charge in [0.1, 0.15) is 24.5 Å². The van der Waals surface area contributed by atoms with Crippen LogP contribution in [0.4, 0.5) is 4.39 Å². The Morgan fingerprint density at radius 2 is 2.25 bits per heavy atom. The van der Waals surface area contributed by atoms with Crippen molar-refractivity contribution in [3.8, 4) is 5.75 Å². The molecule has 0 unspecified atom stereocenters. The third kappa shape index (κ3) is 3.33. The molecule has 0 bridgehead atoms. The molecule has 0 aliphatic heterocycles. The number of nitrogens with zero attached hydrogens (tertiary/aromatic N) is 3. The van der Waals surface area contributed by atoms with Gasteiger partial charge < -0.3 is 9.84 Å². The van der Waals surface area contributed by atoms with Gasteiger partial charge in [0.25, 0.3) is 0 Å². The Morgan fingerprint density at radius 3 is 2.95 bits per heavy atom. The molecule has 0 saturated carbocycles. The lowest BCUT2D eigenvalue weighted by Crippen LogP contribution is -2.09. The van der Waals surface area contributed by atoms with Crippen molar-refractivity contribution in [2.24, 2.45) is 0 Å². The minimum Gasteiger partial charge on any atom is -0.485 e. The van der Waals surface area contributed by atoms with Crippen LogP contribution >= 0.6 is 0 Å². The first-order chi connectivity index (χ1) is 9.61. The van der Waals surface area contributed by atoms with Gasteiger partial charge in [0.05, 0.1) is 6.10 Å². The lowest BCUT2D eigenvalue weighted by atomic mass is 10.1. The maximum atomic E-state index is 13.3. The highest BCUT2D eigenvalue weighted by molar-refractivity contribution is 5.35. The van der Waals surface area contributed by atoms with Crippen molar-refractivity contribution in [3.05, 3.63) is 41.7 Å². The van der Waals surface area contributed by atoms with E-state index < -0.39 is 11.9 Å². The summed E-state index contributed by atoms with van der Waals surface area (Å²) in [5.74, 6) is 0.595. The molecular formula is C14H18FN3O2. The highest BCUT2D eigenvalue weighted by atomic mass is 19.1. The van der Waals surface area contributed by atoms with Gasteiger partial charge in [-0.05, 0) is 25.5 Å². The van der Waals surface area contributed by atoms with Crippen molar-refractivity contribution in [1.82, 2.24) is 14.8 Å². The van der Waals surface area contributed by atoms with Crippen molar-refractivity contribution >= 4 is 0 Å². The van der Waals surface area contributed by atoms with Gasteiger partial charge in [-0.3, -0.25) is 0 Å². The van der Waals surface area contributed by atoms with Gasteiger partial charge in [0.15, 0.2) is 5.82 Å². The third-order valence-electron chi connectivity index (χ3n) is 2.91. The molecular weight excluding hydrogens is 261 g/mol. The van der Waals surface area contributed by atoms with E-state index >= 15 is 0 Å². The molecule has 0 amide bonds. The van der Waals surface area contributed by atoms with Gasteiger partial charge in [-0.25, -0.2) is 14.1 Å². The number of aliphatic hydroxyl groups excluding tert-OH is 1. The predicted octanol–water partition coefficient (Wildman–Crippen LogP) is 2.46. The zero-order valence-corrected chi connectivity index (χ0v) is 11.6. The van der Waals surface area contributed by atoms with Crippen LogP contribution in [0.3, 0.4) is 0 Å². The van der Waals surface area contributed by atoms with Crippen molar-refractivity contribution in [1.29, 1.82) is 0 Å². The minimum absolute atomic E-state index is 0.184. The molecule has 5 nitrogen and oxygen atoms in total. The number of hydrogen-bond acceptors (Lipinski definition) is 4. The largest absolute Gasteiger partial charge is 0.485 e. The molecule has 0 spiro atoms. The van der Waals surface area contributed by atoms with E-state index in [4.69, 9.17) is 4.74 Å². The van der Waals surface area contributed by atoms with Crippen LogP contribution in [0.25, 0.3) is 0 Å². The van der Waals surface area contributed by atoms with Crippen molar-refractivity contribution < 1.29 is 14.2 Å². The van der Waals surface area contributed by atoms with Gasteiger partial charge in [0, 0.05) is 18.2 Å². The van der Waals surface area contributed by atoms with E-state index in [-0.39, 0.29) is 6.61 Å². The molecule has 20 heavy (non-hydrogen) atoms. The van der Waals surface area contributed by atoms with Gasteiger partial charge in [-0.15, -0.1) is 0 Å². The second-order valence-electron chi connectivity index (χ2n) is 4.55. The van der Waals surface area contributed by atoms with Crippen LogP contribution in [-0.4, -0.2) is 19.9 Å². The first-order valence-electron chi connectivity index (χ1n) is 6.58. The normalized spacial score (nSPS) is 12.4. The molecule has 0 fully saturated rings. The van der Waals surface area contributed by atoms with Crippen LogP contribution in [0.5, 0.6) is 5.75 Å². The van der Waals surface area contributed by atoms with E-state index in [1.165, 1.54) is 24.5 Å². The summed E-state index contributed by atoms with van der Waals surface area (Å²) in [6.45, 7) is 4.60. The van der Waals surface area contributed by atoms with Crippen LogP contribution in [0.2, 0.25) is 0 Å². The number of aromatic nitrogens is 3. The first kappa shape index (κ1) is 14.5. The van der Waals surface area contributed by atoms with Crippen LogP contribution in [0, 0.1) is 5.82 Å². The highest BCUT2D eigenvalue weighted by Crippen LogP contribution is 2.26. The number of hydrogen-bond donors (Lipinski definition) is 1. The minimum atomic E-state index is -0.723. The molecule has 0 saturated heterocycles. The summed E-state index contributed by atoms with van der Waals surface area (Å²) in [5, 5.41) is 13.8. The molecule has 0 aliphatic rings. The number of aliphatic hydroxyl groups is 1. The second kappa shape index (κ2) is 6.47. The second-order valence-corrected chi connectivity index (χ2v) is 4.55. The fourth-order valence-electron chi connectivity index (χ4n) is 1.92. The summed E-state index contributed by atoms with van der Waals surface area (Å²) >= 11 is 0. The van der Waals surface area contributed by atoms with Gasteiger partial charge in [-0.1, -0.05) is 6.92 Å². The van der Waals surface area contributed by atoms with E-state index in [2.05, 4.69) is 10.1 Å². The Bertz CT molecular complexity index is 569. The summed E-state index contributed by atoms with van der Waals surface area (Å²) < 4.78 is 20.6. The molecule has 0 radical (unpaired) electrons. The van der Waals surface area contributed by atoms with Gasteiger partial charge in [0.2, 0.25) is 0 Å². The van der Waals surface area contributed by atoms with Crippen LogP contribution in [0.15, 0.2) is 24.5 Å². The average molecular weight is 279 g/mol. The maximum Gasteiger partial charge on any atom is 0.164 e. The fourth-order valence-corrected chi connectivity index (χ4v) is 1.92. The molecule has 1 aromatic carbocycles. The lowest BCUT2D eigenvalue weighted by Gasteiger charge is -2.13. The van der Waals surface area contributed by atoms with E-state index in [9.17, 15) is 9.50 Å². The maximum absolute atomic E-state index is 13.3. The monoisotopic (exact) mass is 279 g/mol. The smallest absolute Gasteiger partial charge is 0.164 e. The van der Waals surface area contributed by atoms with E-state index in [0.29, 0.717) is 17.1 Å². The molecule has 6 heteroatoms. The Kier molecular flexibility index (Phi) is 4.68. The molecule has 0 aliphatic carbocycles. The van der Waals surface area contributed by atoms with Crippen LogP contribution in [0.1, 0.15) is 37.8 Å². The molecule has 1 aromatic heterocycles. The number of benzene rings is 1. The van der Waals surface area contributed by atoms with Gasteiger partial charge in [-0.2, -0.15) is 5.10 Å². The molecule has 2 rings (SSSR count). The van der Waals surface area contributed by atoms with Crippen LogP contribution < -0.4 is 4.74 Å². The summed E-state index contributed by atoms with van der Waals surface area (Å²) in [4.78, 5) is 4.12. The first-order valence-corrected chi connectivity index (χ1v) is 6.58. The predicted molar refractivity (Wildman–Crippen MR) is 71.7 cm³/mol. The third-order valence-corrected chi connectivity index (χ3v) is 2.91. The van der Waals surface area contributed by atoms with E-state index in [0.717, 1.165) is 13.0 Å². The van der Waals surface area contributed by atoms with Crippen molar-refractivity contribution in [2.75, 3.05) is 0 Å². The summed E-state index contributed by atoms with van der Waals surface area (Å²) in [7, 11) is 0. The Morgan fingerprint density at radius 1 is 1.45 bits per heavy atom. The zero-order valence-electron chi connectivity index (χ0n) is 11.6. The standard InChI is InChI=1S/C14H18FN3O2/c1-3-6-18-14(16-9-17-18)8-20-13-7-11(15)4-5-12(13)10(2)19/h4-5,7,9-10,19H,3,6,8H2,1-2H3/t10-/m1/s1. The van der Waals surface area contributed by atoms with Crippen LogP contribution in [-0.2, 0) is 13.2 Å². The number of rotatable bonds is 6. The SMILES string of the molecule is CCCn1ncnc1COc1cc(F)ccc1[C@@H](C)O. The molecule has 1 N–H and O–H groups in total.